The molecular formula is C8H13N. The lowest BCUT2D eigenvalue weighted by Gasteiger charge is -1.89. The summed E-state index contributed by atoms with van der Waals surface area (Å²) in [7, 11) is 0. The maximum atomic E-state index is 3.29. The van der Waals surface area contributed by atoms with Crippen LogP contribution < -0.4 is 0 Å². The van der Waals surface area contributed by atoms with Gasteiger partial charge >= 0.3 is 0 Å². The van der Waals surface area contributed by atoms with Crippen molar-refractivity contribution in [3.05, 3.63) is 23.0 Å². The molecule has 1 heteroatoms. The number of aromatic amines is 1. The number of nitrogens with one attached hydrogen (secondary N) is 1. The standard InChI is InChI=1S/C8H13N/c1-4-8-6(2)5-7(3)9-8/h5,9H,4H2,1-3H3. The van der Waals surface area contributed by atoms with Gasteiger partial charge in [-0.2, -0.15) is 0 Å². The summed E-state index contributed by atoms with van der Waals surface area (Å²) in [6.07, 6.45) is 1.11. The first kappa shape index (κ1) is 6.40. The van der Waals surface area contributed by atoms with E-state index in [2.05, 4.69) is 31.8 Å². The van der Waals surface area contributed by atoms with Crippen molar-refractivity contribution < 1.29 is 0 Å². The van der Waals surface area contributed by atoms with Gasteiger partial charge in [0, 0.05) is 11.4 Å². The molecular weight excluding hydrogens is 110 g/mol. The van der Waals surface area contributed by atoms with E-state index in [0.717, 1.165) is 6.42 Å². The zero-order valence-corrected chi connectivity index (χ0v) is 6.28. The van der Waals surface area contributed by atoms with E-state index in [1.807, 2.05) is 0 Å². The van der Waals surface area contributed by atoms with Crippen molar-refractivity contribution in [3.8, 4) is 0 Å². The van der Waals surface area contributed by atoms with Gasteiger partial charge in [0.15, 0.2) is 0 Å². The molecule has 0 fully saturated rings. The first-order chi connectivity index (χ1) is 4.24. The van der Waals surface area contributed by atoms with Gasteiger partial charge in [0.05, 0.1) is 0 Å². The van der Waals surface area contributed by atoms with Crippen molar-refractivity contribution in [2.75, 3.05) is 0 Å². The summed E-state index contributed by atoms with van der Waals surface area (Å²) in [5.41, 5.74) is 4.02. The molecule has 1 N–H and O–H groups in total. The largest absolute Gasteiger partial charge is 0.362 e. The van der Waals surface area contributed by atoms with Crippen LogP contribution in [-0.2, 0) is 6.42 Å². The van der Waals surface area contributed by atoms with Crippen LogP contribution in [0.4, 0.5) is 0 Å². The summed E-state index contributed by atoms with van der Waals surface area (Å²) >= 11 is 0. The van der Waals surface area contributed by atoms with Gasteiger partial charge in [-0.3, -0.25) is 0 Å². The Morgan fingerprint density at radius 2 is 2.11 bits per heavy atom. The van der Waals surface area contributed by atoms with E-state index >= 15 is 0 Å². The highest BCUT2D eigenvalue weighted by molar-refractivity contribution is 5.23. The van der Waals surface area contributed by atoms with E-state index in [9.17, 15) is 0 Å². The number of H-pyrrole nitrogens is 1. The van der Waals surface area contributed by atoms with Crippen molar-refractivity contribution >= 4 is 0 Å². The summed E-state index contributed by atoms with van der Waals surface area (Å²) in [6, 6.07) is 2.18. The van der Waals surface area contributed by atoms with Crippen molar-refractivity contribution in [2.24, 2.45) is 0 Å². The van der Waals surface area contributed by atoms with Gasteiger partial charge in [0.2, 0.25) is 0 Å². The maximum Gasteiger partial charge on any atom is 0.0176 e. The summed E-state index contributed by atoms with van der Waals surface area (Å²) in [4.78, 5) is 3.29. The Hall–Kier alpha value is -0.720. The second-order valence-electron chi connectivity index (χ2n) is 2.47. The predicted molar refractivity (Wildman–Crippen MR) is 39.6 cm³/mol. The third kappa shape index (κ3) is 1.15. The number of aromatic nitrogens is 1. The molecule has 1 rings (SSSR count). The van der Waals surface area contributed by atoms with Crippen LogP contribution in [0.3, 0.4) is 0 Å². The summed E-state index contributed by atoms with van der Waals surface area (Å²) < 4.78 is 0. The normalized spacial score (nSPS) is 10.1. The van der Waals surface area contributed by atoms with Crippen LogP contribution >= 0.6 is 0 Å². The average Bonchev–Trinajstić information content (AvgIpc) is 2.10. The van der Waals surface area contributed by atoms with Crippen LogP contribution in [0.25, 0.3) is 0 Å². The van der Waals surface area contributed by atoms with Crippen LogP contribution in [-0.4, -0.2) is 4.98 Å². The van der Waals surface area contributed by atoms with Crippen LogP contribution in [0.5, 0.6) is 0 Å². The Morgan fingerprint density at radius 1 is 1.44 bits per heavy atom. The zero-order chi connectivity index (χ0) is 6.85. The van der Waals surface area contributed by atoms with E-state index in [0.29, 0.717) is 0 Å². The molecule has 0 atom stereocenters. The fourth-order valence-electron chi connectivity index (χ4n) is 1.15. The minimum atomic E-state index is 1.11. The maximum absolute atomic E-state index is 3.29. The molecule has 0 saturated carbocycles. The first-order valence-electron chi connectivity index (χ1n) is 3.39. The van der Waals surface area contributed by atoms with Gasteiger partial charge in [-0.1, -0.05) is 6.92 Å². The molecule has 0 saturated heterocycles. The SMILES string of the molecule is CCc1[nH]c(C)cc1C. The molecule has 1 nitrogen and oxygen atoms in total. The molecule has 0 bridgehead atoms. The third-order valence-corrected chi connectivity index (χ3v) is 1.61. The molecule has 0 amide bonds. The molecule has 1 aromatic rings. The third-order valence-electron chi connectivity index (χ3n) is 1.61. The molecule has 0 aliphatic heterocycles. The second kappa shape index (κ2) is 2.26. The second-order valence-corrected chi connectivity index (χ2v) is 2.47. The lowest BCUT2D eigenvalue weighted by molar-refractivity contribution is 1.03. The quantitative estimate of drug-likeness (QED) is 0.589. The Kier molecular flexibility index (Phi) is 1.60. The van der Waals surface area contributed by atoms with Crippen molar-refractivity contribution in [1.29, 1.82) is 0 Å². The summed E-state index contributed by atoms with van der Waals surface area (Å²) in [6.45, 7) is 6.40. The molecule has 0 aliphatic rings. The fourth-order valence-corrected chi connectivity index (χ4v) is 1.15. The van der Waals surface area contributed by atoms with E-state index in [1.54, 1.807) is 0 Å². The van der Waals surface area contributed by atoms with E-state index in [4.69, 9.17) is 0 Å². The van der Waals surface area contributed by atoms with Crippen LogP contribution in [0, 0.1) is 13.8 Å². The number of aryl methyl sites for hydroxylation is 3. The average molecular weight is 123 g/mol. The van der Waals surface area contributed by atoms with Gasteiger partial charge in [-0.25, -0.2) is 0 Å². The monoisotopic (exact) mass is 123 g/mol. The van der Waals surface area contributed by atoms with Gasteiger partial charge in [-0.15, -0.1) is 0 Å². The van der Waals surface area contributed by atoms with Crippen LogP contribution in [0.15, 0.2) is 6.07 Å². The number of rotatable bonds is 1. The lowest BCUT2D eigenvalue weighted by Crippen LogP contribution is -1.81. The minimum Gasteiger partial charge on any atom is -0.362 e. The molecule has 0 radical (unpaired) electrons. The predicted octanol–water partition coefficient (Wildman–Crippen LogP) is 2.19. The first-order valence-corrected chi connectivity index (χ1v) is 3.39. The summed E-state index contributed by atoms with van der Waals surface area (Å²) in [5, 5.41) is 0. The van der Waals surface area contributed by atoms with E-state index < -0.39 is 0 Å². The Morgan fingerprint density at radius 3 is 2.33 bits per heavy atom. The minimum absolute atomic E-state index is 1.11. The topological polar surface area (TPSA) is 15.8 Å². The van der Waals surface area contributed by atoms with Gasteiger partial charge in [0.25, 0.3) is 0 Å². The highest BCUT2D eigenvalue weighted by Crippen LogP contribution is 2.08. The van der Waals surface area contributed by atoms with Gasteiger partial charge in [-0.05, 0) is 31.9 Å². The zero-order valence-electron chi connectivity index (χ0n) is 6.28. The van der Waals surface area contributed by atoms with Gasteiger partial charge < -0.3 is 4.98 Å². The van der Waals surface area contributed by atoms with Gasteiger partial charge in [0.1, 0.15) is 0 Å². The molecule has 0 spiro atoms. The Balaban J connectivity index is 3.01. The number of hydrogen-bond acceptors (Lipinski definition) is 0. The van der Waals surface area contributed by atoms with Crippen molar-refractivity contribution in [3.63, 3.8) is 0 Å². The van der Waals surface area contributed by atoms with E-state index in [1.165, 1.54) is 17.0 Å². The molecule has 50 valence electrons. The highest BCUT2D eigenvalue weighted by atomic mass is 14.7. The van der Waals surface area contributed by atoms with Crippen LogP contribution in [0.2, 0.25) is 0 Å². The van der Waals surface area contributed by atoms with Crippen molar-refractivity contribution in [1.82, 2.24) is 4.98 Å². The van der Waals surface area contributed by atoms with Crippen molar-refractivity contribution in [2.45, 2.75) is 27.2 Å². The van der Waals surface area contributed by atoms with Crippen LogP contribution in [0.1, 0.15) is 23.9 Å². The molecule has 9 heavy (non-hydrogen) atoms. The Labute approximate surface area is 56.1 Å². The molecule has 1 heterocycles. The number of hydrogen-bond donors (Lipinski definition) is 1. The molecule has 0 unspecified atom stereocenters. The molecule has 1 aromatic heterocycles. The molecule has 0 aliphatic carbocycles. The highest BCUT2D eigenvalue weighted by Gasteiger charge is 1.96. The lowest BCUT2D eigenvalue weighted by atomic mass is 10.2. The summed E-state index contributed by atoms with van der Waals surface area (Å²) in [5.74, 6) is 0. The smallest absolute Gasteiger partial charge is 0.0176 e. The molecule has 0 aromatic carbocycles. The fraction of sp³-hybridized carbons (Fsp3) is 0.500. The van der Waals surface area contributed by atoms with E-state index in [-0.39, 0.29) is 0 Å². The Bertz CT molecular complexity index is 198.